The highest BCUT2D eigenvalue weighted by Gasteiger charge is 2.32. The molecule has 8 nitrogen and oxygen atoms in total. The van der Waals surface area contributed by atoms with Crippen molar-refractivity contribution in [1.29, 1.82) is 0 Å². The minimum absolute atomic E-state index is 0.0859. The summed E-state index contributed by atoms with van der Waals surface area (Å²) in [6, 6.07) is 1.96. The normalized spacial score (nSPS) is 23.2. The summed E-state index contributed by atoms with van der Waals surface area (Å²) < 4.78 is 7.26. The van der Waals surface area contributed by atoms with Crippen LogP contribution in [0.2, 0.25) is 0 Å². The van der Waals surface area contributed by atoms with Crippen molar-refractivity contribution in [3.8, 4) is 5.95 Å². The van der Waals surface area contributed by atoms with Gasteiger partial charge in [0.25, 0.3) is 5.91 Å². The highest BCUT2D eigenvalue weighted by molar-refractivity contribution is 6.03. The molecule has 2 N–H and O–H groups in total. The molecule has 8 heteroatoms. The summed E-state index contributed by atoms with van der Waals surface area (Å²) in [5, 5.41) is 3.12. The molecule has 0 unspecified atom stereocenters. The number of aromatic amines is 1. The topological polar surface area (TPSA) is 97.7 Å². The van der Waals surface area contributed by atoms with E-state index in [9.17, 15) is 4.79 Å². The molecule has 0 aliphatic heterocycles. The number of fused-ring (bicyclic) bond motifs is 1. The van der Waals surface area contributed by atoms with Crippen LogP contribution >= 0.6 is 0 Å². The van der Waals surface area contributed by atoms with Gasteiger partial charge in [-0.3, -0.25) is 9.36 Å². The van der Waals surface area contributed by atoms with Gasteiger partial charge in [-0.25, -0.2) is 15.0 Å². The number of amides is 1. The quantitative estimate of drug-likeness (QED) is 0.749. The average molecular weight is 354 g/mol. The zero-order chi connectivity index (χ0) is 18.1. The second kappa shape index (κ2) is 6.53. The molecule has 1 amide bonds. The van der Waals surface area contributed by atoms with E-state index >= 15 is 0 Å². The molecule has 1 fully saturated rings. The Labute approximate surface area is 151 Å². The van der Waals surface area contributed by atoms with Crippen molar-refractivity contribution in [2.75, 3.05) is 7.11 Å². The lowest BCUT2D eigenvalue weighted by Crippen LogP contribution is -2.43. The molecule has 3 aromatic rings. The molecule has 1 aliphatic carbocycles. The molecule has 0 saturated heterocycles. The third-order valence-corrected chi connectivity index (χ3v) is 5.22. The van der Waals surface area contributed by atoms with Gasteiger partial charge < -0.3 is 15.0 Å². The summed E-state index contributed by atoms with van der Waals surface area (Å²) in [6.07, 6.45) is 10.4. The number of ether oxygens (including phenoxy) is 1. The standard InChI is InChI=1S/C18H22N6O2/c1-18(26-2)6-3-12(4-7-18)21-16(25)15-14-13(5-8-20-14)22-17(23-15)24-10-9-19-11-24/h5,8-12,20H,3-4,6-7H2,1-2H3,(H,21,25). The minimum Gasteiger partial charge on any atom is -0.379 e. The van der Waals surface area contributed by atoms with Crippen LogP contribution in [0.1, 0.15) is 43.1 Å². The van der Waals surface area contributed by atoms with E-state index in [1.807, 2.05) is 6.07 Å². The summed E-state index contributed by atoms with van der Waals surface area (Å²) in [7, 11) is 1.75. The van der Waals surface area contributed by atoms with Gasteiger partial charge in [0, 0.05) is 31.7 Å². The maximum atomic E-state index is 12.9. The first-order valence-electron chi connectivity index (χ1n) is 8.77. The number of imidazole rings is 1. The molecule has 0 radical (unpaired) electrons. The van der Waals surface area contributed by atoms with Crippen LogP contribution in [0.25, 0.3) is 17.0 Å². The fourth-order valence-electron chi connectivity index (χ4n) is 3.42. The van der Waals surface area contributed by atoms with Crippen molar-refractivity contribution in [3.05, 3.63) is 36.7 Å². The van der Waals surface area contributed by atoms with E-state index in [1.165, 1.54) is 0 Å². The van der Waals surface area contributed by atoms with Gasteiger partial charge in [0.1, 0.15) is 6.33 Å². The molecular weight excluding hydrogens is 332 g/mol. The Bertz CT molecular complexity index is 909. The van der Waals surface area contributed by atoms with E-state index < -0.39 is 0 Å². The largest absolute Gasteiger partial charge is 0.379 e. The van der Waals surface area contributed by atoms with E-state index in [1.54, 1.807) is 36.6 Å². The maximum Gasteiger partial charge on any atom is 0.272 e. The molecule has 3 heterocycles. The number of rotatable bonds is 4. The fourth-order valence-corrected chi connectivity index (χ4v) is 3.42. The van der Waals surface area contributed by atoms with E-state index in [-0.39, 0.29) is 17.6 Å². The van der Waals surface area contributed by atoms with E-state index in [0.717, 1.165) is 25.7 Å². The fraction of sp³-hybridized carbons (Fsp3) is 0.444. The zero-order valence-corrected chi connectivity index (χ0v) is 14.9. The van der Waals surface area contributed by atoms with Gasteiger partial charge in [0.05, 0.1) is 16.6 Å². The smallest absolute Gasteiger partial charge is 0.272 e. The first-order valence-corrected chi connectivity index (χ1v) is 8.77. The zero-order valence-electron chi connectivity index (χ0n) is 14.9. The number of nitrogens with one attached hydrogen (secondary N) is 2. The van der Waals surface area contributed by atoms with Crippen molar-refractivity contribution in [1.82, 2.24) is 29.8 Å². The number of hydrogen-bond donors (Lipinski definition) is 2. The number of hydrogen-bond acceptors (Lipinski definition) is 5. The van der Waals surface area contributed by atoms with E-state index in [2.05, 4.69) is 32.2 Å². The molecular formula is C18H22N6O2. The van der Waals surface area contributed by atoms with Gasteiger partial charge in [-0.05, 0) is 38.7 Å². The number of aromatic nitrogens is 5. The number of carbonyl (C=O) groups excluding carboxylic acids is 1. The van der Waals surface area contributed by atoms with Crippen LogP contribution in [-0.4, -0.2) is 49.2 Å². The Morgan fingerprint density at radius 2 is 2.19 bits per heavy atom. The van der Waals surface area contributed by atoms with Crippen LogP contribution in [0, 0.1) is 0 Å². The number of nitrogens with zero attached hydrogens (tertiary/aromatic N) is 4. The third kappa shape index (κ3) is 3.08. The molecule has 0 atom stereocenters. The molecule has 0 aromatic carbocycles. The van der Waals surface area contributed by atoms with Gasteiger partial charge in [0.2, 0.25) is 5.95 Å². The summed E-state index contributed by atoms with van der Waals surface area (Å²) in [5.41, 5.74) is 1.61. The number of carbonyl (C=O) groups is 1. The molecule has 1 saturated carbocycles. The minimum atomic E-state index is -0.188. The lowest BCUT2D eigenvalue weighted by atomic mass is 9.83. The highest BCUT2D eigenvalue weighted by atomic mass is 16.5. The Morgan fingerprint density at radius 1 is 1.38 bits per heavy atom. The van der Waals surface area contributed by atoms with Crippen LogP contribution < -0.4 is 5.32 Å². The summed E-state index contributed by atoms with van der Waals surface area (Å²) in [5.74, 6) is 0.239. The third-order valence-electron chi connectivity index (χ3n) is 5.22. The Kier molecular flexibility index (Phi) is 4.20. The summed E-state index contributed by atoms with van der Waals surface area (Å²) in [4.78, 5) is 28.9. The SMILES string of the molecule is COC1(C)CCC(NC(=O)c2nc(-n3ccnc3)nc3cc[nH]c23)CC1. The summed E-state index contributed by atoms with van der Waals surface area (Å²) >= 11 is 0. The number of methoxy groups -OCH3 is 1. The first kappa shape index (κ1) is 16.7. The van der Waals surface area contributed by atoms with Crippen molar-refractivity contribution >= 4 is 16.9 Å². The average Bonchev–Trinajstić information content (AvgIpc) is 3.34. The maximum absolute atomic E-state index is 12.9. The van der Waals surface area contributed by atoms with Gasteiger partial charge in [-0.1, -0.05) is 0 Å². The summed E-state index contributed by atoms with van der Waals surface area (Å²) in [6.45, 7) is 2.12. The second-order valence-electron chi connectivity index (χ2n) is 6.98. The van der Waals surface area contributed by atoms with Crippen LogP contribution in [0.5, 0.6) is 0 Å². The molecule has 0 bridgehead atoms. The Hall–Kier alpha value is -2.74. The lowest BCUT2D eigenvalue weighted by Gasteiger charge is -2.36. The molecule has 3 aromatic heterocycles. The molecule has 0 spiro atoms. The molecule has 136 valence electrons. The predicted molar refractivity (Wildman–Crippen MR) is 96.1 cm³/mol. The number of H-pyrrole nitrogens is 1. The highest BCUT2D eigenvalue weighted by Crippen LogP contribution is 2.30. The van der Waals surface area contributed by atoms with Gasteiger partial charge >= 0.3 is 0 Å². The van der Waals surface area contributed by atoms with Crippen molar-refractivity contribution < 1.29 is 9.53 Å². The van der Waals surface area contributed by atoms with Crippen LogP contribution in [-0.2, 0) is 4.74 Å². The first-order chi connectivity index (χ1) is 12.6. The molecule has 1 aliphatic rings. The second-order valence-corrected chi connectivity index (χ2v) is 6.98. The predicted octanol–water partition coefficient (Wildman–Crippen LogP) is 2.22. The van der Waals surface area contributed by atoms with Crippen molar-refractivity contribution in [3.63, 3.8) is 0 Å². The van der Waals surface area contributed by atoms with Gasteiger partial charge in [0.15, 0.2) is 5.69 Å². The molecule has 4 rings (SSSR count). The van der Waals surface area contributed by atoms with Crippen molar-refractivity contribution in [2.45, 2.75) is 44.2 Å². The Morgan fingerprint density at radius 3 is 2.88 bits per heavy atom. The Balaban J connectivity index is 1.58. The molecule has 26 heavy (non-hydrogen) atoms. The van der Waals surface area contributed by atoms with E-state index in [4.69, 9.17) is 4.74 Å². The van der Waals surface area contributed by atoms with Crippen LogP contribution in [0.15, 0.2) is 31.0 Å². The van der Waals surface area contributed by atoms with Crippen molar-refractivity contribution in [2.24, 2.45) is 0 Å². The van der Waals surface area contributed by atoms with Crippen LogP contribution in [0.4, 0.5) is 0 Å². The van der Waals surface area contributed by atoms with E-state index in [0.29, 0.717) is 22.7 Å². The monoisotopic (exact) mass is 354 g/mol. The lowest BCUT2D eigenvalue weighted by molar-refractivity contribution is -0.0287. The van der Waals surface area contributed by atoms with Crippen LogP contribution in [0.3, 0.4) is 0 Å². The van der Waals surface area contributed by atoms with Gasteiger partial charge in [-0.2, -0.15) is 0 Å². The van der Waals surface area contributed by atoms with Gasteiger partial charge in [-0.15, -0.1) is 0 Å².